The lowest BCUT2D eigenvalue weighted by molar-refractivity contribution is 0.119. The first kappa shape index (κ1) is 23.1. The van der Waals surface area contributed by atoms with Gasteiger partial charge in [-0.3, -0.25) is 9.80 Å². The van der Waals surface area contributed by atoms with Crippen LogP contribution in [0.5, 0.6) is 0 Å². The quantitative estimate of drug-likeness (QED) is 0.204. The van der Waals surface area contributed by atoms with Crippen LogP contribution in [0.4, 0.5) is 0 Å². The highest BCUT2D eigenvalue weighted by Crippen LogP contribution is 2.36. The number of fused-ring (bicyclic) bond motifs is 4. The number of hydrogen-bond donors (Lipinski definition) is 0. The predicted molar refractivity (Wildman–Crippen MR) is 141 cm³/mol. The Hall–Kier alpha value is -3.36. The van der Waals surface area contributed by atoms with Gasteiger partial charge in [0.25, 0.3) is 0 Å². The zero-order chi connectivity index (χ0) is 24.2. The first-order valence-electron chi connectivity index (χ1n) is 13.1. The molecule has 186 valence electrons. The third-order valence-corrected chi connectivity index (χ3v) is 7.20. The van der Waals surface area contributed by atoms with Crippen molar-refractivity contribution >= 4 is 23.0 Å². The SMILES string of the molecule is C(=N\OCCN1CCCC1)/c1cccc2nc3c(nc12)-c1ccccc1/C3=N\OCCN1CCCC1. The minimum absolute atomic E-state index is 0.570. The number of oxime groups is 2. The molecule has 3 aliphatic rings. The zero-order valence-corrected chi connectivity index (χ0v) is 20.6. The Labute approximate surface area is 211 Å². The fourth-order valence-electron chi connectivity index (χ4n) is 5.28. The highest BCUT2D eigenvalue weighted by molar-refractivity contribution is 6.23. The smallest absolute Gasteiger partial charge is 0.138 e. The lowest BCUT2D eigenvalue weighted by atomic mass is 10.1. The molecular weight excluding hydrogens is 452 g/mol. The minimum atomic E-state index is 0.570. The number of likely N-dealkylation sites (tertiary alicyclic amines) is 2. The van der Waals surface area contributed by atoms with E-state index in [0.29, 0.717) is 13.2 Å². The van der Waals surface area contributed by atoms with Crippen LogP contribution < -0.4 is 0 Å². The van der Waals surface area contributed by atoms with Crippen molar-refractivity contribution in [1.29, 1.82) is 0 Å². The van der Waals surface area contributed by atoms with E-state index in [0.717, 1.165) is 84.1 Å². The zero-order valence-electron chi connectivity index (χ0n) is 20.6. The molecule has 0 spiro atoms. The average molecular weight is 485 g/mol. The second-order valence-corrected chi connectivity index (χ2v) is 9.62. The Balaban J connectivity index is 1.23. The van der Waals surface area contributed by atoms with Gasteiger partial charge in [0.2, 0.25) is 0 Å². The maximum Gasteiger partial charge on any atom is 0.138 e. The first-order valence-corrected chi connectivity index (χ1v) is 13.1. The van der Waals surface area contributed by atoms with E-state index < -0.39 is 0 Å². The number of para-hydroxylation sites is 1. The molecule has 0 atom stereocenters. The predicted octanol–water partition coefficient (Wildman–Crippen LogP) is 3.92. The normalized spacial score (nSPS) is 18.9. The summed E-state index contributed by atoms with van der Waals surface area (Å²) in [6.45, 7) is 7.60. The van der Waals surface area contributed by atoms with Crippen molar-refractivity contribution in [2.45, 2.75) is 25.7 Å². The molecule has 2 aromatic carbocycles. The second-order valence-electron chi connectivity index (χ2n) is 9.62. The standard InChI is InChI=1S/C28H32N6O2/c1-2-10-23-22(9-1)26-28(27(23)32-36-19-17-34-14-5-6-15-34)30-24-11-7-8-21(25(24)31-26)20-29-35-18-16-33-12-3-4-13-33/h1-2,7-11,20H,3-6,12-19H2/b29-20+,32-27+. The van der Waals surface area contributed by atoms with E-state index in [1.165, 1.54) is 25.7 Å². The van der Waals surface area contributed by atoms with Crippen LogP contribution in [0.3, 0.4) is 0 Å². The van der Waals surface area contributed by atoms with Gasteiger partial charge in [0.15, 0.2) is 0 Å². The molecule has 36 heavy (non-hydrogen) atoms. The summed E-state index contributed by atoms with van der Waals surface area (Å²) in [7, 11) is 0. The molecule has 1 aromatic heterocycles. The van der Waals surface area contributed by atoms with Crippen LogP contribution in [0.25, 0.3) is 22.3 Å². The van der Waals surface area contributed by atoms with E-state index >= 15 is 0 Å². The topological polar surface area (TPSA) is 75.4 Å². The van der Waals surface area contributed by atoms with Crippen LogP contribution in [-0.4, -0.2) is 84.2 Å². The van der Waals surface area contributed by atoms with Crippen LogP contribution in [0.1, 0.15) is 42.5 Å². The molecule has 3 heterocycles. The monoisotopic (exact) mass is 484 g/mol. The maximum absolute atomic E-state index is 5.78. The van der Waals surface area contributed by atoms with Crippen molar-refractivity contribution < 1.29 is 9.68 Å². The van der Waals surface area contributed by atoms with E-state index in [9.17, 15) is 0 Å². The fraction of sp³-hybridized carbons (Fsp3) is 0.429. The van der Waals surface area contributed by atoms with Gasteiger partial charge < -0.3 is 9.68 Å². The molecule has 8 heteroatoms. The molecule has 0 radical (unpaired) electrons. The molecule has 2 aliphatic heterocycles. The summed E-state index contributed by atoms with van der Waals surface area (Å²) in [5.41, 5.74) is 6.86. The van der Waals surface area contributed by atoms with E-state index in [1.54, 1.807) is 6.21 Å². The number of hydrogen-bond acceptors (Lipinski definition) is 8. The van der Waals surface area contributed by atoms with Crippen LogP contribution in [-0.2, 0) is 9.68 Å². The maximum atomic E-state index is 5.78. The number of aromatic nitrogens is 2. The third kappa shape index (κ3) is 4.83. The van der Waals surface area contributed by atoms with E-state index in [-0.39, 0.29) is 0 Å². The van der Waals surface area contributed by atoms with Gasteiger partial charge in [0, 0.05) is 29.8 Å². The van der Waals surface area contributed by atoms with Crippen molar-refractivity contribution in [2.24, 2.45) is 10.3 Å². The summed E-state index contributed by atoms with van der Waals surface area (Å²) < 4.78 is 0. The third-order valence-electron chi connectivity index (χ3n) is 7.20. The van der Waals surface area contributed by atoms with Crippen LogP contribution in [0, 0.1) is 0 Å². The molecule has 8 nitrogen and oxygen atoms in total. The minimum Gasteiger partial charge on any atom is -0.394 e. The lowest BCUT2D eigenvalue weighted by Gasteiger charge is -2.13. The van der Waals surface area contributed by atoms with Crippen LogP contribution >= 0.6 is 0 Å². The molecule has 2 saturated heterocycles. The highest BCUT2D eigenvalue weighted by Gasteiger charge is 2.29. The summed E-state index contributed by atoms with van der Waals surface area (Å²) in [5, 5.41) is 8.76. The Morgan fingerprint density at radius 1 is 0.750 bits per heavy atom. The summed E-state index contributed by atoms with van der Waals surface area (Å²) in [6.07, 6.45) is 6.85. The molecule has 3 aromatic rings. The van der Waals surface area contributed by atoms with Crippen molar-refractivity contribution in [2.75, 3.05) is 52.5 Å². The second kappa shape index (κ2) is 10.7. The molecule has 2 fully saturated rings. The Kier molecular flexibility index (Phi) is 6.87. The van der Waals surface area contributed by atoms with Gasteiger partial charge in [-0.1, -0.05) is 46.7 Å². The average Bonchev–Trinajstić information content (AvgIpc) is 3.67. The summed E-state index contributed by atoms with van der Waals surface area (Å²) in [5.74, 6) is 0. The van der Waals surface area contributed by atoms with Crippen molar-refractivity contribution in [1.82, 2.24) is 19.8 Å². The summed E-state index contributed by atoms with van der Waals surface area (Å²) in [4.78, 5) is 26.2. The van der Waals surface area contributed by atoms with Crippen molar-refractivity contribution in [3.63, 3.8) is 0 Å². The van der Waals surface area contributed by atoms with Gasteiger partial charge in [-0.15, -0.1) is 0 Å². The molecule has 1 aliphatic carbocycles. The van der Waals surface area contributed by atoms with E-state index in [2.05, 4.69) is 32.2 Å². The van der Waals surface area contributed by atoms with Gasteiger partial charge in [-0.05, 0) is 57.9 Å². The van der Waals surface area contributed by atoms with Gasteiger partial charge in [-0.2, -0.15) is 0 Å². The molecule has 0 bridgehead atoms. The van der Waals surface area contributed by atoms with Crippen LogP contribution in [0.2, 0.25) is 0 Å². The molecule has 0 unspecified atom stereocenters. The lowest BCUT2D eigenvalue weighted by Crippen LogP contribution is -2.23. The Morgan fingerprint density at radius 2 is 1.44 bits per heavy atom. The molecule has 0 N–H and O–H groups in total. The number of benzene rings is 2. The number of rotatable bonds is 9. The Morgan fingerprint density at radius 3 is 2.19 bits per heavy atom. The summed E-state index contributed by atoms with van der Waals surface area (Å²) >= 11 is 0. The molecular formula is C28H32N6O2. The van der Waals surface area contributed by atoms with Gasteiger partial charge in [0.05, 0.1) is 22.9 Å². The fourth-order valence-corrected chi connectivity index (χ4v) is 5.28. The van der Waals surface area contributed by atoms with Crippen LogP contribution in [0.15, 0.2) is 52.8 Å². The largest absolute Gasteiger partial charge is 0.394 e. The summed E-state index contributed by atoms with van der Waals surface area (Å²) in [6, 6.07) is 14.1. The van der Waals surface area contributed by atoms with E-state index in [4.69, 9.17) is 19.6 Å². The Bertz CT molecular complexity index is 1280. The first-order chi connectivity index (χ1) is 17.9. The molecule has 6 rings (SSSR count). The van der Waals surface area contributed by atoms with Gasteiger partial charge in [0.1, 0.15) is 24.6 Å². The molecule has 0 amide bonds. The van der Waals surface area contributed by atoms with Crippen molar-refractivity contribution in [3.05, 3.63) is 59.3 Å². The van der Waals surface area contributed by atoms with Crippen molar-refractivity contribution in [3.8, 4) is 11.3 Å². The number of nitrogens with zero attached hydrogens (tertiary/aromatic N) is 6. The van der Waals surface area contributed by atoms with Gasteiger partial charge >= 0.3 is 0 Å². The van der Waals surface area contributed by atoms with E-state index in [1.807, 2.05) is 30.3 Å². The van der Waals surface area contributed by atoms with Gasteiger partial charge in [-0.25, -0.2) is 9.97 Å². The highest BCUT2D eigenvalue weighted by atomic mass is 16.6. The molecule has 0 saturated carbocycles.